The predicted octanol–water partition coefficient (Wildman–Crippen LogP) is 1.77. The second-order valence-electron chi connectivity index (χ2n) is 13.3. The van der Waals surface area contributed by atoms with E-state index in [0.29, 0.717) is 19.4 Å². The molecule has 3 rings (SSSR count). The molecule has 1 saturated carbocycles. The van der Waals surface area contributed by atoms with Gasteiger partial charge in [-0.15, -0.1) is 0 Å². The number of aromatic nitrogens is 2. The largest absolute Gasteiger partial charge is 0.347 e. The van der Waals surface area contributed by atoms with Gasteiger partial charge in [0.25, 0.3) is 11.8 Å². The summed E-state index contributed by atoms with van der Waals surface area (Å²) in [6, 6.07) is -3.95. The summed E-state index contributed by atoms with van der Waals surface area (Å²) in [5.41, 5.74) is 0.0621. The molecule has 1 aromatic rings. The van der Waals surface area contributed by atoms with Gasteiger partial charge < -0.3 is 26.2 Å². The van der Waals surface area contributed by atoms with Gasteiger partial charge in [0.15, 0.2) is 0 Å². The Labute approximate surface area is 271 Å². The van der Waals surface area contributed by atoms with Crippen molar-refractivity contribution in [3.63, 3.8) is 0 Å². The lowest BCUT2D eigenvalue weighted by molar-refractivity contribution is -0.145. The van der Waals surface area contributed by atoms with Gasteiger partial charge in [0.1, 0.15) is 23.8 Å². The molecule has 1 aromatic heterocycles. The van der Waals surface area contributed by atoms with Crippen molar-refractivity contribution in [3.8, 4) is 0 Å². The minimum atomic E-state index is -1.01. The summed E-state index contributed by atoms with van der Waals surface area (Å²) in [4.78, 5) is 89.7. The average Bonchev–Trinajstić information content (AvgIpc) is 3.63. The first kappa shape index (κ1) is 36.6. The van der Waals surface area contributed by atoms with Gasteiger partial charge >= 0.3 is 0 Å². The fourth-order valence-electron chi connectivity index (χ4n) is 6.34. The van der Waals surface area contributed by atoms with E-state index in [9.17, 15) is 28.8 Å². The number of carbonyl (C=O) groups excluding carboxylic acids is 6. The van der Waals surface area contributed by atoms with Crippen molar-refractivity contribution in [2.45, 2.75) is 117 Å². The van der Waals surface area contributed by atoms with Crippen LogP contribution in [0.25, 0.3) is 0 Å². The number of nitrogens with one attached hydrogen (secondary N) is 4. The molecule has 2 aliphatic rings. The molecule has 1 aliphatic heterocycles. The van der Waals surface area contributed by atoms with Gasteiger partial charge in [0.05, 0.1) is 12.2 Å². The zero-order valence-electron chi connectivity index (χ0n) is 28.2. The Morgan fingerprint density at radius 1 is 0.891 bits per heavy atom. The van der Waals surface area contributed by atoms with Crippen LogP contribution in [-0.4, -0.2) is 86.9 Å². The van der Waals surface area contributed by atoms with Gasteiger partial charge in [-0.2, -0.15) is 0 Å². The summed E-state index contributed by atoms with van der Waals surface area (Å²) in [5, 5.41) is 11.1. The van der Waals surface area contributed by atoms with E-state index in [0.717, 1.165) is 19.3 Å². The smallest absolute Gasteiger partial charge is 0.289 e. The number of carbonyl (C=O) groups is 6. The zero-order valence-corrected chi connectivity index (χ0v) is 28.2. The normalized spacial score (nSPS) is 21.6. The van der Waals surface area contributed by atoms with Crippen molar-refractivity contribution < 1.29 is 28.8 Å². The van der Waals surface area contributed by atoms with Gasteiger partial charge in [-0.25, -0.2) is 4.98 Å². The molecule has 2 fully saturated rings. The molecule has 5 amide bonds. The van der Waals surface area contributed by atoms with E-state index >= 15 is 0 Å². The first-order valence-electron chi connectivity index (χ1n) is 16.6. The Kier molecular flexibility index (Phi) is 13.2. The molecule has 0 spiro atoms. The fraction of sp³-hybridized carbons (Fsp3) is 0.697. The molecule has 13 heteroatoms. The monoisotopic (exact) mass is 641 g/mol. The molecular formula is C33H51N7O6. The predicted molar refractivity (Wildman–Crippen MR) is 171 cm³/mol. The van der Waals surface area contributed by atoms with Gasteiger partial charge in [-0.3, -0.25) is 33.8 Å². The van der Waals surface area contributed by atoms with Crippen LogP contribution in [0.3, 0.4) is 0 Å². The Morgan fingerprint density at radius 2 is 1.59 bits per heavy atom. The maximum Gasteiger partial charge on any atom is 0.289 e. The second-order valence-corrected chi connectivity index (χ2v) is 13.3. The molecule has 46 heavy (non-hydrogen) atoms. The molecule has 0 unspecified atom stereocenters. The maximum absolute atomic E-state index is 14.2. The van der Waals surface area contributed by atoms with Gasteiger partial charge in [0.2, 0.25) is 23.5 Å². The molecule has 7 atom stereocenters. The van der Waals surface area contributed by atoms with Crippen LogP contribution in [0.1, 0.15) is 97.5 Å². The summed E-state index contributed by atoms with van der Waals surface area (Å²) >= 11 is 0. The summed E-state index contributed by atoms with van der Waals surface area (Å²) in [5.74, 6) is -4.00. The lowest BCUT2D eigenvalue weighted by atomic mass is 9.92. The molecular weight excluding hydrogens is 590 g/mol. The number of rotatable bonds is 15. The maximum atomic E-state index is 14.2. The van der Waals surface area contributed by atoms with E-state index in [1.54, 1.807) is 25.7 Å². The highest BCUT2D eigenvalue weighted by atomic mass is 16.2. The molecule has 254 valence electrons. The van der Waals surface area contributed by atoms with E-state index in [4.69, 9.17) is 0 Å². The highest BCUT2D eigenvalue weighted by Crippen LogP contribution is 2.42. The number of hydrogen-bond acceptors (Lipinski definition) is 8. The molecule has 0 aromatic carbocycles. The molecule has 0 radical (unpaired) electrons. The number of likely N-dealkylation sites (tertiary alicyclic amines) is 1. The Morgan fingerprint density at radius 3 is 2.17 bits per heavy atom. The first-order chi connectivity index (χ1) is 21.8. The van der Waals surface area contributed by atoms with Crippen molar-refractivity contribution in [3.05, 3.63) is 24.3 Å². The first-order valence-corrected chi connectivity index (χ1v) is 16.6. The number of nitrogens with zero attached hydrogens (tertiary/aromatic N) is 3. The van der Waals surface area contributed by atoms with Crippen LogP contribution in [0.15, 0.2) is 18.6 Å². The van der Waals surface area contributed by atoms with Crippen LogP contribution in [-0.2, 0) is 24.0 Å². The lowest BCUT2D eigenvalue weighted by Gasteiger charge is -2.34. The van der Waals surface area contributed by atoms with Crippen LogP contribution in [0, 0.1) is 23.7 Å². The van der Waals surface area contributed by atoms with Crippen LogP contribution >= 0.6 is 0 Å². The molecule has 1 aliphatic carbocycles. The molecule has 13 nitrogen and oxygen atoms in total. The third kappa shape index (κ3) is 8.88. The van der Waals surface area contributed by atoms with E-state index in [2.05, 4.69) is 31.2 Å². The van der Waals surface area contributed by atoms with Crippen molar-refractivity contribution in [2.24, 2.45) is 23.7 Å². The average molecular weight is 642 g/mol. The highest BCUT2D eigenvalue weighted by molar-refractivity contribution is 6.38. The topological polar surface area (TPSA) is 180 Å². The van der Waals surface area contributed by atoms with Crippen molar-refractivity contribution in [2.75, 3.05) is 6.54 Å². The van der Waals surface area contributed by atoms with Gasteiger partial charge in [-0.1, -0.05) is 54.4 Å². The SMILES string of the molecule is CCC[C@H](NC(=O)[C@@H]1[C@H]2CCC[C@H]2CN1C(=O)[C@@H](NC(=O)[C@@H](NC(=O)c1cnccn1)C(C)C)C(C)C)C(=O)C(=O)N[C@@H](C)CC. The van der Waals surface area contributed by atoms with E-state index in [-0.39, 0.29) is 41.8 Å². The van der Waals surface area contributed by atoms with Gasteiger partial charge in [0, 0.05) is 25.0 Å². The minimum Gasteiger partial charge on any atom is -0.347 e. The number of Topliss-reactive ketones (excluding diaryl/α,β-unsaturated/α-hetero) is 1. The number of amides is 5. The highest BCUT2D eigenvalue weighted by Gasteiger charge is 2.51. The van der Waals surface area contributed by atoms with Crippen molar-refractivity contribution >= 4 is 35.3 Å². The Hall–Kier alpha value is -3.90. The Balaban J connectivity index is 1.80. The minimum absolute atomic E-state index is 0.0621. The summed E-state index contributed by atoms with van der Waals surface area (Å²) in [7, 11) is 0. The molecule has 2 heterocycles. The summed E-state index contributed by atoms with van der Waals surface area (Å²) in [6.45, 7) is 13.1. The molecule has 4 N–H and O–H groups in total. The lowest BCUT2D eigenvalue weighted by Crippen LogP contribution is -2.60. The number of ketones is 1. The Bertz CT molecular complexity index is 1260. The van der Waals surface area contributed by atoms with Crippen LogP contribution in [0.5, 0.6) is 0 Å². The van der Waals surface area contributed by atoms with E-state index in [1.165, 1.54) is 18.6 Å². The van der Waals surface area contributed by atoms with E-state index < -0.39 is 59.5 Å². The van der Waals surface area contributed by atoms with Crippen molar-refractivity contribution in [1.82, 2.24) is 36.1 Å². The summed E-state index contributed by atoms with van der Waals surface area (Å²) < 4.78 is 0. The third-order valence-corrected chi connectivity index (χ3v) is 9.13. The number of hydrogen-bond donors (Lipinski definition) is 4. The van der Waals surface area contributed by atoms with E-state index in [1.807, 2.05) is 27.7 Å². The van der Waals surface area contributed by atoms with Crippen LogP contribution in [0.2, 0.25) is 0 Å². The fourth-order valence-corrected chi connectivity index (χ4v) is 6.34. The quantitative estimate of drug-likeness (QED) is 0.209. The zero-order chi connectivity index (χ0) is 34.1. The van der Waals surface area contributed by atoms with Gasteiger partial charge in [-0.05, 0) is 56.3 Å². The third-order valence-electron chi connectivity index (χ3n) is 9.13. The molecule has 0 bridgehead atoms. The standard InChI is InChI=1S/C33H51N7O6/c1-8-11-23(28(41)32(45)36-20(7)9-2)37-31(44)27-22-13-10-12-21(22)17-40(27)33(46)26(19(5)6)39-30(43)25(18(3)4)38-29(42)24-16-34-14-15-35-24/h14-16,18-23,25-27H,8-13,17H2,1-7H3,(H,36,45)(H,37,44)(H,38,42)(H,39,43)/t20-,21-,22-,23-,25-,26-,27-/m0/s1. The van der Waals surface area contributed by atoms with Crippen molar-refractivity contribution in [1.29, 1.82) is 0 Å². The molecule has 1 saturated heterocycles. The van der Waals surface area contributed by atoms with Crippen LogP contribution in [0.4, 0.5) is 0 Å². The summed E-state index contributed by atoms with van der Waals surface area (Å²) in [6.07, 6.45) is 8.20. The second kappa shape index (κ2) is 16.6. The number of fused-ring (bicyclic) bond motifs is 1. The van der Waals surface area contributed by atoms with Crippen LogP contribution < -0.4 is 21.3 Å².